The summed E-state index contributed by atoms with van der Waals surface area (Å²) < 4.78 is 24.2. The van der Waals surface area contributed by atoms with Crippen molar-refractivity contribution in [2.45, 2.75) is 38.5 Å². The molecule has 1 N–H and O–H groups in total. The van der Waals surface area contributed by atoms with Crippen LogP contribution in [0.15, 0.2) is 55.1 Å². The zero-order valence-electron chi connectivity index (χ0n) is 19.0. The van der Waals surface area contributed by atoms with E-state index in [2.05, 4.69) is 20.3 Å². The second kappa shape index (κ2) is 8.90. The summed E-state index contributed by atoms with van der Waals surface area (Å²) in [6, 6.07) is 12.3. The summed E-state index contributed by atoms with van der Waals surface area (Å²) in [5.41, 5.74) is 3.32. The van der Waals surface area contributed by atoms with Gasteiger partial charge in [0.2, 0.25) is 0 Å². The number of nitrogens with one attached hydrogen (secondary N) is 1. The lowest BCUT2D eigenvalue weighted by molar-refractivity contribution is -0.0298. The van der Waals surface area contributed by atoms with Gasteiger partial charge in [0.05, 0.1) is 23.4 Å². The van der Waals surface area contributed by atoms with Crippen molar-refractivity contribution in [1.29, 1.82) is 0 Å². The predicted octanol–water partition coefficient (Wildman–Crippen LogP) is 5.83. The first kappa shape index (κ1) is 21.9. The molecule has 0 spiro atoms. The van der Waals surface area contributed by atoms with Gasteiger partial charge < -0.3 is 10.1 Å². The maximum absolute atomic E-state index is 14.4. The number of ether oxygens (including phenoxy) is 1. The van der Waals surface area contributed by atoms with E-state index >= 15 is 0 Å². The molecule has 0 radical (unpaired) electrons. The Labute approximate surface area is 205 Å². The highest BCUT2D eigenvalue weighted by molar-refractivity contribution is 6.35. The summed E-state index contributed by atoms with van der Waals surface area (Å²) in [5.74, 6) is 0.762. The van der Waals surface area contributed by atoms with E-state index in [0.717, 1.165) is 31.6 Å². The Morgan fingerprint density at radius 1 is 1.11 bits per heavy atom. The smallest absolute Gasteiger partial charge is 0.167 e. The molecule has 1 aliphatic heterocycles. The quantitative estimate of drug-likeness (QED) is 0.333. The van der Waals surface area contributed by atoms with Gasteiger partial charge in [-0.2, -0.15) is 0 Å². The van der Waals surface area contributed by atoms with Crippen molar-refractivity contribution >= 4 is 39.6 Å². The van der Waals surface area contributed by atoms with Crippen LogP contribution in [0.25, 0.3) is 27.9 Å². The summed E-state index contributed by atoms with van der Waals surface area (Å²) in [7, 11) is 0. The maximum atomic E-state index is 14.4. The van der Waals surface area contributed by atoms with Crippen molar-refractivity contribution in [1.82, 2.24) is 29.1 Å². The summed E-state index contributed by atoms with van der Waals surface area (Å²) in [6.07, 6.45) is 6.30. The first-order valence-corrected chi connectivity index (χ1v) is 12.0. The molecule has 2 aromatic carbocycles. The summed E-state index contributed by atoms with van der Waals surface area (Å²) in [6.45, 7) is 2.70. The highest BCUT2D eigenvalue weighted by atomic mass is 35.5. The van der Waals surface area contributed by atoms with Crippen LogP contribution in [0.2, 0.25) is 5.02 Å². The van der Waals surface area contributed by atoms with Crippen molar-refractivity contribution < 1.29 is 9.13 Å². The number of benzene rings is 2. The van der Waals surface area contributed by atoms with E-state index in [0.29, 0.717) is 33.8 Å². The van der Waals surface area contributed by atoms with E-state index in [1.54, 1.807) is 12.4 Å². The topological polar surface area (TPSA) is 82.7 Å². The number of para-hydroxylation sites is 1. The van der Waals surface area contributed by atoms with Gasteiger partial charge in [0.25, 0.3) is 0 Å². The van der Waals surface area contributed by atoms with Gasteiger partial charge in [0.1, 0.15) is 29.2 Å². The van der Waals surface area contributed by atoms with Gasteiger partial charge in [-0.3, -0.25) is 9.13 Å². The molecule has 0 aliphatic carbocycles. The zero-order chi connectivity index (χ0) is 23.9. The van der Waals surface area contributed by atoms with Crippen LogP contribution in [0.4, 0.5) is 10.2 Å². The van der Waals surface area contributed by atoms with Gasteiger partial charge in [-0.25, -0.2) is 24.3 Å². The number of fused-ring (bicyclic) bond motifs is 2. The number of imidazole rings is 2. The Kier molecular flexibility index (Phi) is 5.58. The molecule has 6 rings (SSSR count). The molecule has 0 saturated carbocycles. The fourth-order valence-electron chi connectivity index (χ4n) is 4.63. The molecule has 2 unspecified atom stereocenters. The van der Waals surface area contributed by atoms with Crippen molar-refractivity contribution in [3.63, 3.8) is 0 Å². The molecule has 3 aromatic heterocycles. The molecule has 1 saturated heterocycles. The van der Waals surface area contributed by atoms with Crippen molar-refractivity contribution in [3.8, 4) is 5.69 Å². The highest BCUT2D eigenvalue weighted by Crippen LogP contribution is 2.34. The molecular formula is C25H23ClFN7O. The molecule has 1 aliphatic rings. The van der Waals surface area contributed by atoms with Crippen LogP contribution in [0.3, 0.4) is 0 Å². The summed E-state index contributed by atoms with van der Waals surface area (Å²) in [5, 5.41) is 3.47. The van der Waals surface area contributed by atoms with Gasteiger partial charge in [-0.1, -0.05) is 29.8 Å². The Morgan fingerprint density at radius 3 is 2.77 bits per heavy atom. The van der Waals surface area contributed by atoms with Gasteiger partial charge in [-0.05, 0) is 50.5 Å². The monoisotopic (exact) mass is 491 g/mol. The van der Waals surface area contributed by atoms with Crippen molar-refractivity contribution in [3.05, 3.63) is 71.8 Å². The number of hydrogen-bond donors (Lipinski definition) is 1. The van der Waals surface area contributed by atoms with Crippen LogP contribution in [0, 0.1) is 5.82 Å². The van der Waals surface area contributed by atoms with Gasteiger partial charge in [-0.15, -0.1) is 0 Å². The fourth-order valence-corrected chi connectivity index (χ4v) is 4.87. The lowest BCUT2D eigenvalue weighted by atomic mass is 10.2. The van der Waals surface area contributed by atoms with Crippen molar-refractivity contribution in [2.75, 3.05) is 11.9 Å². The molecule has 1 fully saturated rings. The minimum atomic E-state index is -0.489. The van der Waals surface area contributed by atoms with E-state index in [1.165, 1.54) is 12.4 Å². The van der Waals surface area contributed by atoms with E-state index in [1.807, 2.05) is 46.4 Å². The van der Waals surface area contributed by atoms with Crippen LogP contribution in [0.5, 0.6) is 0 Å². The molecule has 10 heteroatoms. The third-order valence-corrected chi connectivity index (χ3v) is 6.67. The third kappa shape index (κ3) is 3.81. The molecule has 8 nitrogen and oxygen atoms in total. The molecular weight excluding hydrogens is 469 g/mol. The normalized spacial score (nSPS) is 17.2. The average molecular weight is 492 g/mol. The van der Waals surface area contributed by atoms with E-state index in [4.69, 9.17) is 21.3 Å². The molecule has 0 amide bonds. The lowest BCUT2D eigenvalue weighted by Gasteiger charge is -2.23. The molecule has 178 valence electrons. The number of rotatable bonds is 5. The number of anilines is 1. The largest absolute Gasteiger partial charge is 0.358 e. The minimum absolute atomic E-state index is 0.0351. The van der Waals surface area contributed by atoms with E-state index in [-0.39, 0.29) is 17.3 Å². The van der Waals surface area contributed by atoms with E-state index in [9.17, 15) is 4.39 Å². The lowest BCUT2D eigenvalue weighted by Crippen LogP contribution is -2.18. The molecule has 2 atom stereocenters. The van der Waals surface area contributed by atoms with Crippen molar-refractivity contribution in [2.24, 2.45) is 0 Å². The Balaban J connectivity index is 1.42. The summed E-state index contributed by atoms with van der Waals surface area (Å²) in [4.78, 5) is 18.3. The first-order chi connectivity index (χ1) is 17.1. The minimum Gasteiger partial charge on any atom is -0.358 e. The number of hydrogen-bond acceptors (Lipinski definition) is 6. The highest BCUT2D eigenvalue weighted by Gasteiger charge is 2.24. The average Bonchev–Trinajstić information content (AvgIpc) is 3.50. The van der Waals surface area contributed by atoms with Gasteiger partial charge in [0.15, 0.2) is 17.0 Å². The maximum Gasteiger partial charge on any atom is 0.167 e. The van der Waals surface area contributed by atoms with Gasteiger partial charge >= 0.3 is 0 Å². The van der Waals surface area contributed by atoms with Crippen LogP contribution in [-0.4, -0.2) is 35.7 Å². The van der Waals surface area contributed by atoms with Crippen LogP contribution >= 0.6 is 11.6 Å². The molecule has 4 heterocycles. The predicted molar refractivity (Wildman–Crippen MR) is 132 cm³/mol. The Morgan fingerprint density at radius 2 is 1.97 bits per heavy atom. The van der Waals surface area contributed by atoms with E-state index < -0.39 is 5.82 Å². The second-order valence-electron chi connectivity index (χ2n) is 8.60. The molecule has 5 aromatic rings. The standard InChI is InChI=1S/C25H23ClFN7O/c1-15(31-23-21-25(29-13-28-23)33(14-30-21)19-9-5-6-12-35-19)24-32-18-11-10-17(27)20(26)22(18)34(24)16-7-3-2-4-8-16/h2-4,7-8,10-11,13-15,19H,5-6,9,12H2,1H3,(H,28,29,31). The molecule has 0 bridgehead atoms. The van der Waals surface area contributed by atoms with Gasteiger partial charge in [0, 0.05) is 12.3 Å². The number of nitrogens with zero attached hydrogens (tertiary/aromatic N) is 6. The SMILES string of the molecule is CC(Nc1ncnc2c1ncn2C1CCCCO1)c1nc2ccc(F)c(Cl)c2n1-c1ccccc1. The Bertz CT molecular complexity index is 1510. The fraction of sp³-hybridized carbons (Fsp3) is 0.280. The Hall–Kier alpha value is -3.56. The van der Waals surface area contributed by atoms with Crippen LogP contribution in [-0.2, 0) is 4.74 Å². The summed E-state index contributed by atoms with van der Waals surface area (Å²) >= 11 is 6.41. The number of halogens is 2. The van der Waals surface area contributed by atoms with Crippen LogP contribution < -0.4 is 5.32 Å². The zero-order valence-corrected chi connectivity index (χ0v) is 19.8. The molecule has 35 heavy (non-hydrogen) atoms. The van der Waals surface area contributed by atoms with Crippen LogP contribution in [0.1, 0.15) is 44.3 Å². The first-order valence-electron chi connectivity index (χ1n) is 11.6. The third-order valence-electron chi connectivity index (χ3n) is 6.32. The second-order valence-corrected chi connectivity index (χ2v) is 8.98. The number of aromatic nitrogens is 6.